The highest BCUT2D eigenvalue weighted by Crippen LogP contribution is 2.21. The van der Waals surface area contributed by atoms with Crippen molar-refractivity contribution in [3.63, 3.8) is 0 Å². The van der Waals surface area contributed by atoms with Crippen LogP contribution in [0.15, 0.2) is 48.7 Å². The number of nitrogens with one attached hydrogen (secondary N) is 1. The number of anilines is 1. The molecule has 3 rings (SSSR count). The van der Waals surface area contributed by atoms with Crippen molar-refractivity contribution in [2.75, 3.05) is 5.32 Å². The average Bonchev–Trinajstić information content (AvgIpc) is 2.84. The molecule has 6 heteroatoms. The molecule has 0 unspecified atom stereocenters. The zero-order valence-electron chi connectivity index (χ0n) is 11.5. The van der Waals surface area contributed by atoms with Crippen molar-refractivity contribution in [2.45, 2.75) is 6.54 Å². The van der Waals surface area contributed by atoms with Gasteiger partial charge in [-0.1, -0.05) is 18.2 Å². The van der Waals surface area contributed by atoms with Crippen LogP contribution in [0, 0.1) is 10.1 Å². The van der Waals surface area contributed by atoms with Gasteiger partial charge >= 0.3 is 0 Å². The van der Waals surface area contributed by atoms with Crippen molar-refractivity contribution >= 4 is 22.3 Å². The fraction of sp³-hybridized carbons (Fsp3) is 0.133. The first-order valence-corrected chi connectivity index (χ1v) is 6.53. The van der Waals surface area contributed by atoms with Gasteiger partial charge in [0.2, 0.25) is 0 Å². The van der Waals surface area contributed by atoms with Crippen LogP contribution in [0.4, 0.5) is 11.4 Å². The number of aromatic nitrogens is 2. The van der Waals surface area contributed by atoms with E-state index in [0.717, 1.165) is 16.6 Å². The third-order valence-electron chi connectivity index (χ3n) is 3.29. The Balaban J connectivity index is 1.81. The number of aryl methyl sites for hydroxylation is 1. The van der Waals surface area contributed by atoms with Crippen molar-refractivity contribution in [1.29, 1.82) is 0 Å². The lowest BCUT2D eigenvalue weighted by Gasteiger charge is -2.07. The van der Waals surface area contributed by atoms with Crippen molar-refractivity contribution in [1.82, 2.24) is 9.78 Å². The van der Waals surface area contributed by atoms with Crippen LogP contribution >= 0.6 is 0 Å². The fourth-order valence-electron chi connectivity index (χ4n) is 2.29. The molecular weight excluding hydrogens is 268 g/mol. The van der Waals surface area contributed by atoms with Gasteiger partial charge in [-0.3, -0.25) is 14.8 Å². The van der Waals surface area contributed by atoms with Crippen LogP contribution in [0.3, 0.4) is 0 Å². The maximum atomic E-state index is 11.0. The topological polar surface area (TPSA) is 73.0 Å². The highest BCUT2D eigenvalue weighted by Gasteiger charge is 2.11. The molecule has 21 heavy (non-hydrogen) atoms. The first-order valence-electron chi connectivity index (χ1n) is 6.53. The number of nitrogens with zero attached hydrogens (tertiary/aromatic N) is 3. The van der Waals surface area contributed by atoms with E-state index in [1.54, 1.807) is 22.9 Å². The molecule has 106 valence electrons. The molecule has 0 saturated carbocycles. The number of nitro groups is 1. The molecule has 1 heterocycles. The molecule has 0 aliphatic rings. The zero-order chi connectivity index (χ0) is 14.8. The Morgan fingerprint density at radius 1 is 1.29 bits per heavy atom. The second kappa shape index (κ2) is 5.24. The van der Waals surface area contributed by atoms with Gasteiger partial charge in [-0.2, -0.15) is 5.10 Å². The Labute approximate surface area is 121 Å². The van der Waals surface area contributed by atoms with Gasteiger partial charge < -0.3 is 5.32 Å². The molecule has 2 aromatic carbocycles. The van der Waals surface area contributed by atoms with Gasteiger partial charge in [0.1, 0.15) is 0 Å². The molecule has 0 fully saturated rings. The van der Waals surface area contributed by atoms with E-state index in [9.17, 15) is 10.1 Å². The maximum Gasteiger partial charge on any atom is 0.274 e. The smallest absolute Gasteiger partial charge is 0.274 e. The molecule has 3 aromatic rings. The van der Waals surface area contributed by atoms with Crippen LogP contribution < -0.4 is 5.32 Å². The minimum absolute atomic E-state index is 0.132. The average molecular weight is 282 g/mol. The first kappa shape index (κ1) is 13.1. The number of benzene rings is 2. The van der Waals surface area contributed by atoms with Gasteiger partial charge in [-0.05, 0) is 18.2 Å². The summed E-state index contributed by atoms with van der Waals surface area (Å²) in [6.07, 6.45) is 1.94. The molecule has 0 radical (unpaired) electrons. The lowest BCUT2D eigenvalue weighted by molar-refractivity contribution is -0.385. The van der Waals surface area contributed by atoms with Crippen LogP contribution in [0.5, 0.6) is 0 Å². The Morgan fingerprint density at radius 3 is 2.90 bits per heavy atom. The summed E-state index contributed by atoms with van der Waals surface area (Å²) >= 11 is 0. The Morgan fingerprint density at radius 2 is 2.10 bits per heavy atom. The van der Waals surface area contributed by atoms with E-state index in [4.69, 9.17) is 0 Å². The van der Waals surface area contributed by atoms with Gasteiger partial charge in [0.15, 0.2) is 0 Å². The summed E-state index contributed by atoms with van der Waals surface area (Å²) in [7, 11) is 1.88. The van der Waals surface area contributed by atoms with Crippen LogP contribution in [-0.2, 0) is 13.6 Å². The van der Waals surface area contributed by atoms with E-state index in [1.165, 1.54) is 6.07 Å². The van der Waals surface area contributed by atoms with Crippen LogP contribution in [0.25, 0.3) is 10.9 Å². The quantitative estimate of drug-likeness (QED) is 0.589. The van der Waals surface area contributed by atoms with E-state index in [1.807, 2.05) is 31.4 Å². The van der Waals surface area contributed by atoms with Gasteiger partial charge in [-0.25, -0.2) is 0 Å². The van der Waals surface area contributed by atoms with Crippen LogP contribution in [0.2, 0.25) is 0 Å². The lowest BCUT2D eigenvalue weighted by atomic mass is 10.1. The third kappa shape index (κ3) is 2.69. The number of nitro benzene ring substituents is 1. The highest BCUT2D eigenvalue weighted by molar-refractivity contribution is 5.81. The van der Waals surface area contributed by atoms with Crippen molar-refractivity contribution in [2.24, 2.45) is 7.05 Å². The standard InChI is InChI=1S/C15H14N4O2/c1-18-10-12-8-13(6-7-14(12)17-18)16-9-11-4-2-3-5-15(11)19(20)21/h2-8,10,16H,9H2,1H3. The van der Waals surface area contributed by atoms with Crippen molar-refractivity contribution < 1.29 is 4.92 Å². The Kier molecular flexibility index (Phi) is 3.27. The Hall–Kier alpha value is -2.89. The van der Waals surface area contributed by atoms with Crippen LogP contribution in [-0.4, -0.2) is 14.7 Å². The molecule has 1 aromatic heterocycles. The minimum atomic E-state index is -0.360. The van der Waals surface area contributed by atoms with Gasteiger partial charge in [0, 0.05) is 42.5 Å². The number of hydrogen-bond acceptors (Lipinski definition) is 4. The molecule has 0 spiro atoms. The van der Waals surface area contributed by atoms with E-state index in [2.05, 4.69) is 10.4 Å². The first-order chi connectivity index (χ1) is 10.1. The molecule has 0 aliphatic carbocycles. The van der Waals surface area contributed by atoms with E-state index < -0.39 is 0 Å². The largest absolute Gasteiger partial charge is 0.381 e. The van der Waals surface area contributed by atoms with E-state index in [-0.39, 0.29) is 10.6 Å². The number of fused-ring (bicyclic) bond motifs is 1. The molecule has 1 N–H and O–H groups in total. The molecule has 0 atom stereocenters. The van der Waals surface area contributed by atoms with E-state index in [0.29, 0.717) is 12.1 Å². The van der Waals surface area contributed by atoms with Crippen molar-refractivity contribution in [3.05, 3.63) is 64.3 Å². The molecule has 0 amide bonds. The summed E-state index contributed by atoms with van der Waals surface area (Å²) < 4.78 is 1.76. The summed E-state index contributed by atoms with van der Waals surface area (Å²) in [6.45, 7) is 0.406. The zero-order valence-corrected chi connectivity index (χ0v) is 11.5. The summed E-state index contributed by atoms with van der Waals surface area (Å²) in [6, 6.07) is 12.6. The van der Waals surface area contributed by atoms with Crippen LogP contribution in [0.1, 0.15) is 5.56 Å². The SMILES string of the molecule is Cn1cc2cc(NCc3ccccc3[N+](=O)[O-])ccc2n1. The number of para-hydroxylation sites is 1. The summed E-state index contributed by atoms with van der Waals surface area (Å²) in [5.41, 5.74) is 2.63. The normalized spacial score (nSPS) is 10.7. The molecule has 6 nitrogen and oxygen atoms in total. The van der Waals surface area contributed by atoms with Gasteiger partial charge in [0.05, 0.1) is 10.4 Å². The predicted octanol–water partition coefficient (Wildman–Crippen LogP) is 3.09. The minimum Gasteiger partial charge on any atom is -0.381 e. The summed E-state index contributed by atoms with van der Waals surface area (Å²) in [5.74, 6) is 0. The molecule has 0 bridgehead atoms. The van der Waals surface area contributed by atoms with Crippen molar-refractivity contribution in [3.8, 4) is 0 Å². The summed E-state index contributed by atoms with van der Waals surface area (Å²) in [4.78, 5) is 10.6. The number of rotatable bonds is 4. The summed E-state index contributed by atoms with van der Waals surface area (Å²) in [5, 5.41) is 19.5. The molecule has 0 aliphatic heterocycles. The second-order valence-corrected chi connectivity index (χ2v) is 4.82. The molecule has 0 saturated heterocycles. The van der Waals surface area contributed by atoms with E-state index >= 15 is 0 Å². The maximum absolute atomic E-state index is 11.0. The third-order valence-corrected chi connectivity index (χ3v) is 3.29. The lowest BCUT2D eigenvalue weighted by Crippen LogP contribution is -2.02. The monoisotopic (exact) mass is 282 g/mol. The highest BCUT2D eigenvalue weighted by atomic mass is 16.6. The number of hydrogen-bond donors (Lipinski definition) is 1. The predicted molar refractivity (Wildman–Crippen MR) is 81.1 cm³/mol. The van der Waals surface area contributed by atoms with Gasteiger partial charge in [0.25, 0.3) is 5.69 Å². The Bertz CT molecular complexity index is 810. The fourth-order valence-corrected chi connectivity index (χ4v) is 2.29. The molecular formula is C15H14N4O2. The second-order valence-electron chi connectivity index (χ2n) is 4.82. The van der Waals surface area contributed by atoms with Gasteiger partial charge in [-0.15, -0.1) is 0 Å².